The summed E-state index contributed by atoms with van der Waals surface area (Å²) in [4.78, 5) is 43.1. The van der Waals surface area contributed by atoms with Gasteiger partial charge in [0.15, 0.2) is 5.76 Å². The Kier molecular flexibility index (Phi) is 8.52. The predicted octanol–water partition coefficient (Wildman–Crippen LogP) is 3.11. The smallest absolute Gasteiger partial charge is 0.290 e. The molecule has 0 unspecified atom stereocenters. The van der Waals surface area contributed by atoms with Gasteiger partial charge in [-0.2, -0.15) is 0 Å². The number of ether oxygens (including phenoxy) is 1. The highest BCUT2D eigenvalue weighted by molar-refractivity contribution is 5.98. The monoisotopic (exact) mass is 508 g/mol. The van der Waals surface area contributed by atoms with E-state index >= 15 is 0 Å². The highest BCUT2D eigenvalue weighted by atomic mass is 19.1. The number of piperazine rings is 1. The van der Waals surface area contributed by atoms with Crippen LogP contribution >= 0.6 is 0 Å². The third-order valence-electron chi connectivity index (χ3n) is 6.11. The van der Waals surface area contributed by atoms with Gasteiger partial charge in [0, 0.05) is 51.2 Å². The zero-order valence-electron chi connectivity index (χ0n) is 20.6. The molecule has 10 heteroatoms. The molecule has 0 atom stereocenters. The number of benzene rings is 2. The minimum Gasteiger partial charge on any atom is -0.459 e. The number of anilines is 2. The van der Waals surface area contributed by atoms with Crippen molar-refractivity contribution >= 4 is 29.1 Å². The van der Waals surface area contributed by atoms with Gasteiger partial charge in [0.2, 0.25) is 5.91 Å². The number of methoxy groups -OCH3 is 1. The Morgan fingerprint density at radius 3 is 2.38 bits per heavy atom. The van der Waals surface area contributed by atoms with Gasteiger partial charge < -0.3 is 29.2 Å². The molecule has 1 N–H and O–H groups in total. The summed E-state index contributed by atoms with van der Waals surface area (Å²) >= 11 is 0. The van der Waals surface area contributed by atoms with Crippen molar-refractivity contribution in [3.63, 3.8) is 0 Å². The summed E-state index contributed by atoms with van der Waals surface area (Å²) in [5, 5.41) is 2.81. The summed E-state index contributed by atoms with van der Waals surface area (Å²) in [6, 6.07) is 16.5. The van der Waals surface area contributed by atoms with Gasteiger partial charge in [0.25, 0.3) is 11.8 Å². The number of carbonyl (C=O) groups is 3. The number of hydrogen-bond donors (Lipinski definition) is 1. The molecule has 1 aromatic heterocycles. The molecule has 0 radical (unpaired) electrons. The molecule has 1 saturated heterocycles. The maximum Gasteiger partial charge on any atom is 0.290 e. The molecule has 1 aliphatic heterocycles. The number of hydrogen-bond acceptors (Lipinski definition) is 6. The van der Waals surface area contributed by atoms with E-state index in [9.17, 15) is 18.8 Å². The SMILES string of the molecule is COCCN(CC(=O)Nc1ccc(N2CCN(C(=O)c3ccccc3F)CC2)cc1)C(=O)c1ccco1. The zero-order valence-corrected chi connectivity index (χ0v) is 20.6. The summed E-state index contributed by atoms with van der Waals surface area (Å²) in [7, 11) is 1.53. The normalized spacial score (nSPS) is 13.4. The molecule has 194 valence electrons. The van der Waals surface area contributed by atoms with Gasteiger partial charge in [-0.15, -0.1) is 0 Å². The Bertz CT molecular complexity index is 1210. The number of nitrogens with zero attached hydrogens (tertiary/aromatic N) is 3. The van der Waals surface area contributed by atoms with Crippen LogP contribution in [-0.4, -0.2) is 80.5 Å². The van der Waals surface area contributed by atoms with E-state index in [1.165, 1.54) is 30.4 Å². The van der Waals surface area contributed by atoms with Crippen LogP contribution in [0.4, 0.5) is 15.8 Å². The molecule has 1 aliphatic rings. The maximum atomic E-state index is 14.0. The van der Waals surface area contributed by atoms with Crippen LogP contribution in [0.5, 0.6) is 0 Å². The highest BCUT2D eigenvalue weighted by Crippen LogP contribution is 2.21. The molecule has 37 heavy (non-hydrogen) atoms. The molecule has 2 aromatic carbocycles. The van der Waals surface area contributed by atoms with Gasteiger partial charge in [-0.25, -0.2) is 4.39 Å². The van der Waals surface area contributed by atoms with Gasteiger partial charge >= 0.3 is 0 Å². The number of rotatable bonds is 9. The van der Waals surface area contributed by atoms with E-state index in [0.717, 1.165) is 5.69 Å². The predicted molar refractivity (Wildman–Crippen MR) is 136 cm³/mol. The van der Waals surface area contributed by atoms with Crippen molar-refractivity contribution in [2.45, 2.75) is 0 Å². The second kappa shape index (κ2) is 12.2. The average molecular weight is 509 g/mol. The lowest BCUT2D eigenvalue weighted by atomic mass is 10.1. The van der Waals surface area contributed by atoms with E-state index in [1.54, 1.807) is 41.3 Å². The Balaban J connectivity index is 1.30. The summed E-state index contributed by atoms with van der Waals surface area (Å²) in [6.07, 6.45) is 1.41. The van der Waals surface area contributed by atoms with Gasteiger partial charge in [-0.05, 0) is 48.5 Å². The van der Waals surface area contributed by atoms with Crippen molar-refractivity contribution in [3.05, 3.63) is 84.1 Å². The van der Waals surface area contributed by atoms with Crippen molar-refractivity contribution < 1.29 is 27.9 Å². The first-order chi connectivity index (χ1) is 18.0. The molecule has 0 spiro atoms. The quantitative estimate of drug-likeness (QED) is 0.477. The van der Waals surface area contributed by atoms with E-state index in [1.807, 2.05) is 12.1 Å². The van der Waals surface area contributed by atoms with Crippen LogP contribution in [0.1, 0.15) is 20.9 Å². The molecule has 9 nitrogen and oxygen atoms in total. The van der Waals surface area contributed by atoms with E-state index in [-0.39, 0.29) is 48.7 Å². The molecule has 3 aromatic rings. The summed E-state index contributed by atoms with van der Waals surface area (Å²) in [6.45, 7) is 2.55. The number of amides is 3. The second-order valence-electron chi connectivity index (χ2n) is 8.55. The summed E-state index contributed by atoms with van der Waals surface area (Å²) in [5.41, 5.74) is 1.63. The van der Waals surface area contributed by atoms with Crippen LogP contribution in [0, 0.1) is 5.82 Å². The van der Waals surface area contributed by atoms with Crippen molar-refractivity contribution in [2.24, 2.45) is 0 Å². The number of halogens is 1. The molecule has 2 heterocycles. The number of carbonyl (C=O) groups excluding carboxylic acids is 3. The van der Waals surface area contributed by atoms with Crippen LogP contribution in [0.2, 0.25) is 0 Å². The fourth-order valence-corrected chi connectivity index (χ4v) is 4.11. The maximum absolute atomic E-state index is 14.0. The zero-order chi connectivity index (χ0) is 26.2. The third kappa shape index (κ3) is 6.53. The summed E-state index contributed by atoms with van der Waals surface area (Å²) in [5.74, 6) is -1.39. The first-order valence-electron chi connectivity index (χ1n) is 12.0. The second-order valence-corrected chi connectivity index (χ2v) is 8.55. The highest BCUT2D eigenvalue weighted by Gasteiger charge is 2.24. The molecular formula is C27H29FN4O5. The van der Waals surface area contributed by atoms with Crippen molar-refractivity contribution in [2.75, 3.05) is 63.2 Å². The Labute approximate surface area is 214 Å². The van der Waals surface area contributed by atoms with Crippen molar-refractivity contribution in [1.29, 1.82) is 0 Å². The fourth-order valence-electron chi connectivity index (χ4n) is 4.11. The molecule has 1 fully saturated rings. The number of nitrogens with one attached hydrogen (secondary N) is 1. The largest absolute Gasteiger partial charge is 0.459 e. The van der Waals surface area contributed by atoms with Gasteiger partial charge in [0.05, 0.1) is 18.4 Å². The van der Waals surface area contributed by atoms with Gasteiger partial charge in [-0.1, -0.05) is 12.1 Å². The Morgan fingerprint density at radius 2 is 1.73 bits per heavy atom. The Morgan fingerprint density at radius 1 is 1.00 bits per heavy atom. The average Bonchev–Trinajstić information content (AvgIpc) is 3.46. The van der Waals surface area contributed by atoms with Crippen LogP contribution < -0.4 is 10.2 Å². The lowest BCUT2D eigenvalue weighted by Crippen LogP contribution is -2.49. The molecule has 3 amide bonds. The molecule has 0 saturated carbocycles. The molecule has 0 bridgehead atoms. The van der Waals surface area contributed by atoms with Crippen LogP contribution in [-0.2, 0) is 9.53 Å². The summed E-state index contributed by atoms with van der Waals surface area (Å²) < 4.78 is 24.2. The number of furan rings is 1. The molecule has 0 aliphatic carbocycles. The van der Waals surface area contributed by atoms with Gasteiger partial charge in [-0.3, -0.25) is 14.4 Å². The lowest BCUT2D eigenvalue weighted by Gasteiger charge is -2.36. The van der Waals surface area contributed by atoms with E-state index < -0.39 is 5.82 Å². The van der Waals surface area contributed by atoms with Crippen molar-refractivity contribution in [1.82, 2.24) is 9.80 Å². The van der Waals surface area contributed by atoms with E-state index in [4.69, 9.17) is 9.15 Å². The standard InChI is InChI=1S/C27H29FN4O5/c1-36-18-16-32(27(35)24-7-4-17-37-24)19-25(33)29-20-8-10-21(11-9-20)30-12-14-31(15-13-30)26(34)22-5-2-3-6-23(22)28/h2-11,17H,12-16,18-19H2,1H3,(H,29,33). The molecule has 4 rings (SSSR count). The third-order valence-corrected chi connectivity index (χ3v) is 6.11. The van der Waals surface area contributed by atoms with E-state index in [2.05, 4.69) is 10.2 Å². The minimum atomic E-state index is -0.514. The first kappa shape index (κ1) is 25.9. The van der Waals surface area contributed by atoms with Crippen LogP contribution in [0.15, 0.2) is 71.3 Å². The fraction of sp³-hybridized carbons (Fsp3) is 0.296. The van der Waals surface area contributed by atoms with Crippen LogP contribution in [0.3, 0.4) is 0 Å². The van der Waals surface area contributed by atoms with E-state index in [0.29, 0.717) is 31.9 Å². The van der Waals surface area contributed by atoms with Gasteiger partial charge in [0.1, 0.15) is 12.4 Å². The minimum absolute atomic E-state index is 0.0858. The lowest BCUT2D eigenvalue weighted by molar-refractivity contribution is -0.117. The molecular weight excluding hydrogens is 479 g/mol. The van der Waals surface area contributed by atoms with Crippen molar-refractivity contribution in [3.8, 4) is 0 Å². The first-order valence-corrected chi connectivity index (χ1v) is 12.0. The Hall–Kier alpha value is -4.18. The topological polar surface area (TPSA) is 95.3 Å². The van der Waals surface area contributed by atoms with Crippen LogP contribution in [0.25, 0.3) is 0 Å².